The van der Waals surface area contributed by atoms with Crippen LogP contribution in [0, 0.1) is 18.8 Å². The van der Waals surface area contributed by atoms with E-state index in [0.29, 0.717) is 15.1 Å². The minimum atomic E-state index is -0.395. The van der Waals surface area contributed by atoms with E-state index in [9.17, 15) is 4.39 Å². The molecule has 0 amide bonds. The Kier molecular flexibility index (Phi) is 2.32. The maximum atomic E-state index is 12.5. The highest BCUT2D eigenvalue weighted by Crippen LogP contribution is 2.25. The summed E-state index contributed by atoms with van der Waals surface area (Å²) < 4.78 is 12.9. The Morgan fingerprint density at radius 1 is 1.70 bits per heavy atom. The lowest BCUT2D eigenvalue weighted by Gasteiger charge is -1.98. The second-order valence-electron chi connectivity index (χ2n) is 1.93. The molecule has 0 unspecified atom stereocenters. The first-order chi connectivity index (χ1) is 4.61. The number of halogens is 3. The van der Waals surface area contributed by atoms with Gasteiger partial charge in [-0.05, 0) is 34.5 Å². The van der Waals surface area contributed by atoms with Gasteiger partial charge in [0.05, 0.1) is 5.02 Å². The Bertz CT molecular complexity index is 237. The molecule has 0 nitrogen and oxygen atoms in total. The van der Waals surface area contributed by atoms with Crippen molar-refractivity contribution in [2.75, 3.05) is 0 Å². The fraction of sp³-hybridized carbons (Fsp3) is 0.143. The summed E-state index contributed by atoms with van der Waals surface area (Å²) in [4.78, 5) is 0. The molecule has 1 aromatic rings. The monoisotopic (exact) mass is 221 g/mol. The van der Waals surface area contributed by atoms with Crippen molar-refractivity contribution in [1.82, 2.24) is 0 Å². The van der Waals surface area contributed by atoms with Gasteiger partial charge >= 0.3 is 0 Å². The first kappa shape index (κ1) is 8.02. The van der Waals surface area contributed by atoms with Crippen LogP contribution in [-0.2, 0) is 0 Å². The van der Waals surface area contributed by atoms with E-state index in [-0.39, 0.29) is 0 Å². The zero-order valence-electron chi connectivity index (χ0n) is 5.21. The molecule has 1 aromatic carbocycles. The van der Waals surface area contributed by atoms with E-state index < -0.39 is 5.82 Å². The van der Waals surface area contributed by atoms with Gasteiger partial charge in [-0.3, -0.25) is 0 Å². The largest absolute Gasteiger partial charge is 0.206 e. The predicted molar refractivity (Wildman–Crippen MR) is 42.7 cm³/mol. The summed E-state index contributed by atoms with van der Waals surface area (Å²) in [6, 6.07) is 3.74. The molecule has 0 heterocycles. The molecule has 0 N–H and O–H groups in total. The van der Waals surface area contributed by atoms with E-state index >= 15 is 0 Å². The molecular weight excluding hydrogens is 218 g/mol. The molecule has 0 aliphatic rings. The molecule has 1 rings (SSSR count). The van der Waals surface area contributed by atoms with Gasteiger partial charge in [-0.25, -0.2) is 4.39 Å². The fourth-order valence-corrected chi connectivity index (χ4v) is 1.23. The predicted octanol–water partition coefficient (Wildman–Crippen LogP) is 3.35. The normalized spacial score (nSPS) is 10.0. The van der Waals surface area contributed by atoms with Crippen LogP contribution in [0.3, 0.4) is 0 Å². The summed E-state index contributed by atoms with van der Waals surface area (Å²) in [5.41, 5.74) is 0.713. The van der Waals surface area contributed by atoms with Crippen LogP contribution in [0.15, 0.2) is 10.5 Å². The number of benzene rings is 1. The van der Waals surface area contributed by atoms with Crippen molar-refractivity contribution >= 4 is 27.5 Å². The van der Waals surface area contributed by atoms with E-state index in [2.05, 4.69) is 22.0 Å². The lowest BCUT2D eigenvalue weighted by molar-refractivity contribution is 0.623. The van der Waals surface area contributed by atoms with Gasteiger partial charge in [-0.15, -0.1) is 0 Å². The smallest absolute Gasteiger partial charge is 0.132 e. The summed E-state index contributed by atoms with van der Waals surface area (Å²) in [6.07, 6.45) is 0. The quantitative estimate of drug-likeness (QED) is 0.591. The van der Waals surface area contributed by atoms with Crippen molar-refractivity contribution in [2.45, 2.75) is 6.92 Å². The lowest BCUT2D eigenvalue weighted by Crippen LogP contribution is -1.81. The highest BCUT2D eigenvalue weighted by molar-refractivity contribution is 9.10. The van der Waals surface area contributed by atoms with Crippen molar-refractivity contribution in [1.29, 1.82) is 0 Å². The van der Waals surface area contributed by atoms with E-state index in [4.69, 9.17) is 11.6 Å². The fourth-order valence-electron chi connectivity index (χ4n) is 0.622. The topological polar surface area (TPSA) is 0 Å². The maximum Gasteiger partial charge on any atom is 0.132 e. The SMILES string of the molecule is Cc1cc(F)[c]c(Br)c1Cl. The minimum Gasteiger partial charge on any atom is -0.206 e. The molecule has 3 heteroatoms. The van der Waals surface area contributed by atoms with Crippen LogP contribution >= 0.6 is 27.5 Å². The van der Waals surface area contributed by atoms with Crippen LogP contribution < -0.4 is 0 Å². The summed E-state index contributed by atoms with van der Waals surface area (Å²) in [7, 11) is 0. The third-order valence-corrected chi connectivity index (χ3v) is 2.42. The van der Waals surface area contributed by atoms with E-state index in [1.54, 1.807) is 6.92 Å². The number of hydrogen-bond donors (Lipinski definition) is 0. The standard InChI is InChI=1S/C7H4BrClF/c1-4-2-5(10)3-6(8)7(4)9/h2H,1H3. The van der Waals surface area contributed by atoms with Crippen molar-refractivity contribution < 1.29 is 4.39 Å². The second-order valence-corrected chi connectivity index (χ2v) is 3.10. The highest BCUT2D eigenvalue weighted by Gasteiger charge is 2.02. The Hall–Kier alpha value is -0.0800. The van der Waals surface area contributed by atoms with Crippen molar-refractivity contribution in [3.05, 3.63) is 33.0 Å². The van der Waals surface area contributed by atoms with Crippen molar-refractivity contribution in [3.8, 4) is 0 Å². The number of aryl methyl sites for hydroxylation is 1. The number of hydrogen-bond acceptors (Lipinski definition) is 0. The average Bonchev–Trinajstić information content (AvgIpc) is 1.82. The van der Waals surface area contributed by atoms with Gasteiger partial charge in [0.1, 0.15) is 5.82 Å². The minimum absolute atomic E-state index is 0.395. The van der Waals surface area contributed by atoms with Gasteiger partial charge in [0.2, 0.25) is 0 Å². The van der Waals surface area contributed by atoms with E-state index in [1.165, 1.54) is 6.07 Å². The van der Waals surface area contributed by atoms with Crippen LogP contribution in [0.2, 0.25) is 5.02 Å². The van der Waals surface area contributed by atoms with E-state index in [0.717, 1.165) is 0 Å². The third kappa shape index (κ3) is 1.50. The molecule has 0 aromatic heterocycles. The molecule has 0 saturated carbocycles. The molecule has 0 bridgehead atoms. The molecule has 0 fully saturated rings. The van der Waals surface area contributed by atoms with Crippen LogP contribution in [0.25, 0.3) is 0 Å². The van der Waals surface area contributed by atoms with Gasteiger partial charge in [-0.2, -0.15) is 0 Å². The molecule has 0 atom stereocenters. The molecule has 0 spiro atoms. The molecule has 0 saturated heterocycles. The molecule has 1 radical (unpaired) electrons. The van der Waals surface area contributed by atoms with Gasteiger partial charge < -0.3 is 0 Å². The van der Waals surface area contributed by atoms with E-state index in [1.807, 2.05) is 0 Å². The third-order valence-electron chi connectivity index (χ3n) is 1.11. The lowest BCUT2D eigenvalue weighted by atomic mass is 10.2. The zero-order chi connectivity index (χ0) is 7.72. The molecule has 0 aliphatic carbocycles. The van der Waals surface area contributed by atoms with Gasteiger partial charge in [0.15, 0.2) is 0 Å². The first-order valence-electron chi connectivity index (χ1n) is 2.64. The molecule has 0 aliphatic heterocycles. The van der Waals surface area contributed by atoms with Crippen molar-refractivity contribution in [3.63, 3.8) is 0 Å². The Morgan fingerprint density at radius 3 is 2.80 bits per heavy atom. The first-order valence-corrected chi connectivity index (χ1v) is 3.82. The van der Waals surface area contributed by atoms with Crippen molar-refractivity contribution in [2.24, 2.45) is 0 Å². The van der Waals surface area contributed by atoms with Gasteiger partial charge in [0.25, 0.3) is 0 Å². The second kappa shape index (κ2) is 2.89. The number of rotatable bonds is 0. The van der Waals surface area contributed by atoms with Crippen LogP contribution in [0.5, 0.6) is 0 Å². The Balaban J connectivity index is 3.31. The Morgan fingerprint density at radius 2 is 2.30 bits per heavy atom. The zero-order valence-corrected chi connectivity index (χ0v) is 7.55. The van der Waals surface area contributed by atoms with Crippen LogP contribution in [-0.4, -0.2) is 0 Å². The highest BCUT2D eigenvalue weighted by atomic mass is 79.9. The van der Waals surface area contributed by atoms with Gasteiger partial charge in [-0.1, -0.05) is 11.6 Å². The molecule has 10 heavy (non-hydrogen) atoms. The molecule has 53 valence electrons. The van der Waals surface area contributed by atoms with Crippen LogP contribution in [0.1, 0.15) is 5.56 Å². The molecular formula is C7H4BrClF. The summed E-state index contributed by atoms with van der Waals surface area (Å²) >= 11 is 8.77. The summed E-state index contributed by atoms with van der Waals surface area (Å²) in [5, 5.41) is 0.515. The van der Waals surface area contributed by atoms with Crippen LogP contribution in [0.4, 0.5) is 4.39 Å². The summed E-state index contributed by atoms with van der Waals surface area (Å²) in [5.74, 6) is -0.395. The Labute approximate surface area is 72.1 Å². The van der Waals surface area contributed by atoms with Gasteiger partial charge in [0, 0.05) is 10.5 Å². The maximum absolute atomic E-state index is 12.5. The average molecular weight is 222 g/mol. The summed E-state index contributed by atoms with van der Waals surface area (Å²) in [6.45, 7) is 1.74.